The number of hydrogen-bond acceptors (Lipinski definition) is 1. The molecule has 0 bridgehead atoms. The zero-order valence-electron chi connectivity index (χ0n) is 20.3. The normalized spacial score (nSPS) is 22.6. The molecule has 2 aliphatic carbocycles. The Bertz CT molecular complexity index is 700. The zero-order chi connectivity index (χ0) is 21.4. The molecule has 3 rings (SSSR count). The maximum Gasteiger partial charge on any atom is 0.0465 e. The Kier molecular flexibility index (Phi) is 9.05. The van der Waals surface area contributed by atoms with E-state index in [1.54, 1.807) is 16.7 Å². The summed E-state index contributed by atoms with van der Waals surface area (Å²) in [6, 6.07) is 7.36. The molecule has 1 heteroatoms. The molecule has 0 fully saturated rings. The van der Waals surface area contributed by atoms with Crippen LogP contribution in [0.25, 0.3) is 5.57 Å². The Hall–Kier alpha value is -1.08. The van der Waals surface area contributed by atoms with Gasteiger partial charge >= 0.3 is 0 Å². The second kappa shape index (κ2) is 11.5. The van der Waals surface area contributed by atoms with Gasteiger partial charge in [0.1, 0.15) is 0 Å². The van der Waals surface area contributed by atoms with Crippen molar-refractivity contribution in [1.82, 2.24) is 0 Å². The van der Waals surface area contributed by atoms with Crippen LogP contribution in [0, 0.1) is 12.8 Å². The minimum atomic E-state index is 0.341. The molecular weight excluding hydrogens is 364 g/mol. The molecular formula is C29H46O. The van der Waals surface area contributed by atoms with Crippen LogP contribution in [0.2, 0.25) is 0 Å². The van der Waals surface area contributed by atoms with Crippen molar-refractivity contribution in [3.63, 3.8) is 0 Å². The van der Waals surface area contributed by atoms with Gasteiger partial charge in [-0.3, -0.25) is 0 Å². The van der Waals surface area contributed by atoms with Crippen LogP contribution >= 0.6 is 0 Å². The van der Waals surface area contributed by atoms with Crippen LogP contribution in [-0.4, -0.2) is 13.2 Å². The van der Waals surface area contributed by atoms with Crippen molar-refractivity contribution in [2.24, 2.45) is 5.92 Å². The van der Waals surface area contributed by atoms with Gasteiger partial charge in [-0.25, -0.2) is 0 Å². The van der Waals surface area contributed by atoms with Crippen molar-refractivity contribution in [1.29, 1.82) is 0 Å². The minimum Gasteiger partial charge on any atom is -0.382 e. The molecule has 2 aliphatic rings. The SMILES string of the molecule is CCCCCCCC1(CCCCCCOCC)C2=C(c3ccc(C)cc31)C(C)CC2. The van der Waals surface area contributed by atoms with E-state index in [2.05, 4.69) is 45.9 Å². The van der Waals surface area contributed by atoms with Crippen LogP contribution < -0.4 is 0 Å². The summed E-state index contributed by atoms with van der Waals surface area (Å²) < 4.78 is 5.54. The molecule has 0 radical (unpaired) electrons. The second-order valence-corrected chi connectivity index (χ2v) is 9.99. The lowest BCUT2D eigenvalue weighted by Crippen LogP contribution is -2.27. The third-order valence-corrected chi connectivity index (χ3v) is 7.76. The average Bonchev–Trinajstić information content (AvgIpc) is 3.24. The molecule has 30 heavy (non-hydrogen) atoms. The predicted molar refractivity (Wildman–Crippen MR) is 131 cm³/mol. The van der Waals surface area contributed by atoms with Crippen molar-refractivity contribution in [2.75, 3.05) is 13.2 Å². The Morgan fingerprint density at radius 2 is 1.63 bits per heavy atom. The van der Waals surface area contributed by atoms with E-state index in [1.165, 1.54) is 89.0 Å². The zero-order valence-corrected chi connectivity index (χ0v) is 20.3. The monoisotopic (exact) mass is 410 g/mol. The number of ether oxygens (including phenoxy) is 1. The van der Waals surface area contributed by atoms with Gasteiger partial charge in [0.15, 0.2) is 0 Å². The maximum absolute atomic E-state index is 5.54. The van der Waals surface area contributed by atoms with Gasteiger partial charge in [0.05, 0.1) is 0 Å². The molecule has 0 aliphatic heterocycles. The molecule has 0 spiro atoms. The fourth-order valence-electron chi connectivity index (χ4n) is 6.17. The topological polar surface area (TPSA) is 9.23 Å². The van der Waals surface area contributed by atoms with Crippen LogP contribution in [0.4, 0.5) is 0 Å². The summed E-state index contributed by atoms with van der Waals surface area (Å²) in [5, 5.41) is 0. The van der Waals surface area contributed by atoms with Gasteiger partial charge in [-0.05, 0) is 68.6 Å². The summed E-state index contributed by atoms with van der Waals surface area (Å²) >= 11 is 0. The number of rotatable bonds is 14. The molecule has 1 nitrogen and oxygen atoms in total. The number of fused-ring (bicyclic) bond motifs is 2. The Balaban J connectivity index is 1.76. The fourth-order valence-corrected chi connectivity index (χ4v) is 6.17. The number of allylic oxidation sites excluding steroid dienone is 2. The Morgan fingerprint density at radius 3 is 2.33 bits per heavy atom. The van der Waals surface area contributed by atoms with Gasteiger partial charge in [-0.15, -0.1) is 0 Å². The molecule has 0 aromatic heterocycles. The van der Waals surface area contributed by atoms with Gasteiger partial charge in [-0.1, -0.05) is 94.5 Å². The summed E-state index contributed by atoms with van der Waals surface area (Å²) in [5.74, 6) is 0.745. The summed E-state index contributed by atoms with van der Waals surface area (Å²) in [4.78, 5) is 0. The van der Waals surface area contributed by atoms with Crippen LogP contribution in [0.5, 0.6) is 0 Å². The lowest BCUT2D eigenvalue weighted by molar-refractivity contribution is 0.142. The molecule has 0 N–H and O–H groups in total. The first-order valence-electron chi connectivity index (χ1n) is 13.1. The van der Waals surface area contributed by atoms with Crippen LogP contribution in [-0.2, 0) is 10.2 Å². The summed E-state index contributed by atoms with van der Waals surface area (Å²) in [6.45, 7) is 11.0. The van der Waals surface area contributed by atoms with Crippen molar-refractivity contribution in [3.8, 4) is 0 Å². The van der Waals surface area contributed by atoms with Crippen LogP contribution in [0.1, 0.15) is 121 Å². The van der Waals surface area contributed by atoms with Gasteiger partial charge in [-0.2, -0.15) is 0 Å². The number of hydrogen-bond donors (Lipinski definition) is 0. The van der Waals surface area contributed by atoms with E-state index in [0.29, 0.717) is 5.41 Å². The molecule has 1 aromatic rings. The van der Waals surface area contributed by atoms with Gasteiger partial charge in [0, 0.05) is 18.6 Å². The van der Waals surface area contributed by atoms with Crippen molar-refractivity contribution in [2.45, 2.75) is 117 Å². The quantitative estimate of drug-likeness (QED) is 0.278. The van der Waals surface area contributed by atoms with E-state index in [0.717, 1.165) is 19.1 Å². The Morgan fingerprint density at radius 1 is 0.933 bits per heavy atom. The molecule has 0 heterocycles. The van der Waals surface area contributed by atoms with E-state index in [1.807, 2.05) is 5.57 Å². The van der Waals surface area contributed by atoms with Crippen LogP contribution in [0.15, 0.2) is 23.8 Å². The van der Waals surface area contributed by atoms with E-state index in [9.17, 15) is 0 Å². The fraction of sp³-hybridized carbons (Fsp3) is 0.724. The second-order valence-electron chi connectivity index (χ2n) is 9.99. The molecule has 1 aromatic carbocycles. The highest BCUT2D eigenvalue weighted by molar-refractivity contribution is 5.83. The van der Waals surface area contributed by atoms with Crippen molar-refractivity contribution in [3.05, 3.63) is 40.5 Å². The number of aryl methyl sites for hydroxylation is 1. The number of unbranched alkanes of at least 4 members (excludes halogenated alkanes) is 7. The third-order valence-electron chi connectivity index (χ3n) is 7.76. The van der Waals surface area contributed by atoms with E-state index >= 15 is 0 Å². The molecule has 168 valence electrons. The largest absolute Gasteiger partial charge is 0.382 e. The molecule has 2 unspecified atom stereocenters. The summed E-state index contributed by atoms with van der Waals surface area (Å²) in [6.07, 6.45) is 17.6. The van der Waals surface area contributed by atoms with Gasteiger partial charge in [0.2, 0.25) is 0 Å². The van der Waals surface area contributed by atoms with Crippen LogP contribution in [0.3, 0.4) is 0 Å². The first-order chi connectivity index (χ1) is 14.6. The highest BCUT2D eigenvalue weighted by Gasteiger charge is 2.46. The maximum atomic E-state index is 5.54. The van der Waals surface area contributed by atoms with Gasteiger partial charge < -0.3 is 4.74 Å². The molecule has 0 saturated heterocycles. The minimum absolute atomic E-state index is 0.341. The predicted octanol–water partition coefficient (Wildman–Crippen LogP) is 8.78. The van der Waals surface area contributed by atoms with E-state index in [-0.39, 0.29) is 0 Å². The lowest BCUT2D eigenvalue weighted by Gasteiger charge is -2.35. The summed E-state index contributed by atoms with van der Waals surface area (Å²) in [7, 11) is 0. The number of benzene rings is 1. The first-order valence-corrected chi connectivity index (χ1v) is 13.1. The van der Waals surface area contributed by atoms with Gasteiger partial charge in [0.25, 0.3) is 0 Å². The first kappa shape index (κ1) is 23.6. The molecule has 0 saturated carbocycles. The summed E-state index contributed by atoms with van der Waals surface area (Å²) in [5.41, 5.74) is 8.69. The van der Waals surface area contributed by atoms with Crippen molar-refractivity contribution < 1.29 is 4.74 Å². The van der Waals surface area contributed by atoms with E-state index in [4.69, 9.17) is 4.74 Å². The molecule has 2 atom stereocenters. The van der Waals surface area contributed by atoms with Crippen molar-refractivity contribution >= 4 is 5.57 Å². The van der Waals surface area contributed by atoms with E-state index < -0.39 is 0 Å². The molecule has 0 amide bonds. The average molecular weight is 411 g/mol. The highest BCUT2D eigenvalue weighted by Crippen LogP contribution is 2.59. The lowest BCUT2D eigenvalue weighted by atomic mass is 9.69. The highest BCUT2D eigenvalue weighted by atomic mass is 16.5. The standard InChI is InChI=1S/C29H46O/c1-5-7-8-9-12-19-29(20-13-10-11-14-21-30-6-2)26-18-16-24(4)28(26)25-17-15-23(3)22-27(25)29/h15,17,22,24H,5-14,16,18-21H2,1-4H3. The smallest absolute Gasteiger partial charge is 0.0465 e. The third kappa shape index (κ3) is 5.21. The Labute approximate surface area is 186 Å².